The van der Waals surface area contributed by atoms with Crippen LogP contribution in [0.2, 0.25) is 0 Å². The summed E-state index contributed by atoms with van der Waals surface area (Å²) in [5, 5.41) is 0. The fourth-order valence-corrected chi connectivity index (χ4v) is 2.61. The molecule has 0 N–H and O–H groups in total. The number of hydrogen-bond donors (Lipinski definition) is 0. The highest BCUT2D eigenvalue weighted by atomic mass is 35.5. The van der Waals surface area contributed by atoms with Crippen LogP contribution >= 0.6 is 11.6 Å². The molecule has 0 aromatic heterocycles. The quantitative estimate of drug-likeness (QED) is 0.469. The van der Waals surface area contributed by atoms with E-state index >= 15 is 0 Å². The first-order valence-electron chi connectivity index (χ1n) is 6.50. The third-order valence-electron chi connectivity index (χ3n) is 3.50. The molecule has 5 nitrogen and oxygen atoms in total. The van der Waals surface area contributed by atoms with Gasteiger partial charge in [-0.05, 0) is 12.1 Å². The number of alkyl halides is 1. The van der Waals surface area contributed by atoms with E-state index in [0.29, 0.717) is 0 Å². The summed E-state index contributed by atoms with van der Waals surface area (Å²) in [5.74, 6) is 1.46. The summed E-state index contributed by atoms with van der Waals surface area (Å²) in [6.07, 6.45) is 0.767. The van der Waals surface area contributed by atoms with E-state index in [1.807, 2.05) is 23.1 Å². The van der Waals surface area contributed by atoms with Crippen LogP contribution in [0.4, 0.5) is 5.69 Å². The summed E-state index contributed by atoms with van der Waals surface area (Å²) in [6, 6.07) is 5.83. The molecule has 1 aliphatic heterocycles. The van der Waals surface area contributed by atoms with Crippen LogP contribution in [-0.4, -0.2) is 57.1 Å². The predicted molar refractivity (Wildman–Crippen MR) is 79.0 cm³/mol. The molecule has 0 aliphatic carbocycles. The van der Waals surface area contributed by atoms with Gasteiger partial charge in [-0.25, -0.2) is 0 Å². The Morgan fingerprint density at radius 1 is 1.20 bits per heavy atom. The van der Waals surface area contributed by atoms with Gasteiger partial charge in [-0.3, -0.25) is 4.90 Å². The number of benzene rings is 1. The standard InChI is InChI=1S/C14H19ClN2O3/c1-19-12-5-3-4-11(14(12)20-2)16-6-8-17(9-7-16)13(15)10-18/h3-5,10,13H,6-9H2,1-2H3. The summed E-state index contributed by atoms with van der Waals surface area (Å²) in [5.41, 5.74) is 0.466. The van der Waals surface area contributed by atoms with Gasteiger partial charge in [-0.15, -0.1) is 0 Å². The average Bonchev–Trinajstić information content (AvgIpc) is 2.53. The molecule has 2 rings (SSSR count). The van der Waals surface area contributed by atoms with Crippen LogP contribution in [0.5, 0.6) is 11.5 Å². The van der Waals surface area contributed by atoms with Gasteiger partial charge in [0.15, 0.2) is 17.8 Å². The van der Waals surface area contributed by atoms with Crippen molar-refractivity contribution in [3.05, 3.63) is 18.2 Å². The lowest BCUT2D eigenvalue weighted by Gasteiger charge is -2.37. The molecule has 20 heavy (non-hydrogen) atoms. The highest BCUT2D eigenvalue weighted by Gasteiger charge is 2.24. The number of ether oxygens (including phenoxy) is 2. The Balaban J connectivity index is 2.12. The van der Waals surface area contributed by atoms with E-state index in [1.165, 1.54) is 0 Å². The number of carbonyl (C=O) groups excluding carboxylic acids is 1. The molecule has 1 heterocycles. The van der Waals surface area contributed by atoms with Gasteiger partial charge < -0.3 is 19.2 Å². The first kappa shape index (κ1) is 14.9. The molecule has 1 aliphatic rings. The van der Waals surface area contributed by atoms with E-state index in [-0.39, 0.29) is 0 Å². The molecular formula is C14H19ClN2O3. The second-order valence-electron chi connectivity index (χ2n) is 4.54. The van der Waals surface area contributed by atoms with Crippen LogP contribution < -0.4 is 14.4 Å². The molecule has 1 aromatic rings. The summed E-state index contributed by atoms with van der Waals surface area (Å²) in [6.45, 7) is 3.07. The van der Waals surface area contributed by atoms with Crippen LogP contribution in [0.1, 0.15) is 0 Å². The smallest absolute Gasteiger partial charge is 0.184 e. The largest absolute Gasteiger partial charge is 0.493 e. The van der Waals surface area contributed by atoms with Crippen LogP contribution in [0.25, 0.3) is 0 Å². The lowest BCUT2D eigenvalue weighted by molar-refractivity contribution is -0.110. The lowest BCUT2D eigenvalue weighted by atomic mass is 10.2. The monoisotopic (exact) mass is 298 g/mol. The van der Waals surface area contributed by atoms with Crippen LogP contribution in [0, 0.1) is 0 Å². The maximum atomic E-state index is 10.7. The SMILES string of the molecule is COc1cccc(N2CCN(C(Cl)C=O)CC2)c1OC. The number of rotatable bonds is 5. The van der Waals surface area contributed by atoms with Crippen molar-refractivity contribution in [1.82, 2.24) is 4.90 Å². The minimum absolute atomic E-state index is 0.538. The predicted octanol–water partition coefficient (Wildman–Crippen LogP) is 1.59. The topological polar surface area (TPSA) is 42.0 Å². The van der Waals surface area contributed by atoms with Crippen molar-refractivity contribution in [2.45, 2.75) is 5.50 Å². The van der Waals surface area contributed by atoms with Gasteiger partial charge in [0.05, 0.1) is 19.9 Å². The number of nitrogens with zero attached hydrogens (tertiary/aromatic N) is 2. The molecule has 0 amide bonds. The molecule has 1 unspecified atom stereocenters. The summed E-state index contributed by atoms with van der Waals surface area (Å²) < 4.78 is 10.8. The van der Waals surface area contributed by atoms with Gasteiger partial charge >= 0.3 is 0 Å². The summed E-state index contributed by atoms with van der Waals surface area (Å²) in [4.78, 5) is 14.9. The zero-order valence-corrected chi connectivity index (χ0v) is 12.5. The highest BCUT2D eigenvalue weighted by Crippen LogP contribution is 2.37. The molecule has 1 atom stereocenters. The van der Waals surface area contributed by atoms with Gasteiger partial charge in [0.1, 0.15) is 5.50 Å². The number of carbonyl (C=O) groups is 1. The summed E-state index contributed by atoms with van der Waals surface area (Å²) in [7, 11) is 3.26. The van der Waals surface area contributed by atoms with E-state index in [4.69, 9.17) is 21.1 Å². The Morgan fingerprint density at radius 2 is 1.90 bits per heavy atom. The Bertz CT molecular complexity index is 462. The second-order valence-corrected chi connectivity index (χ2v) is 4.99. The maximum Gasteiger partial charge on any atom is 0.184 e. The van der Waals surface area contributed by atoms with E-state index in [0.717, 1.165) is 49.7 Å². The fourth-order valence-electron chi connectivity index (χ4n) is 2.41. The van der Waals surface area contributed by atoms with Crippen molar-refractivity contribution in [1.29, 1.82) is 0 Å². The molecule has 0 spiro atoms. The molecule has 0 saturated carbocycles. The average molecular weight is 299 g/mol. The van der Waals surface area contributed by atoms with E-state index < -0.39 is 5.50 Å². The first-order chi connectivity index (χ1) is 9.71. The van der Waals surface area contributed by atoms with Gasteiger partial charge in [0.25, 0.3) is 0 Å². The molecule has 1 saturated heterocycles. The normalized spacial score (nSPS) is 17.6. The van der Waals surface area contributed by atoms with Crippen molar-refractivity contribution in [2.75, 3.05) is 45.3 Å². The number of para-hydroxylation sites is 1. The van der Waals surface area contributed by atoms with Crippen LogP contribution in [0.3, 0.4) is 0 Å². The number of piperazine rings is 1. The fraction of sp³-hybridized carbons (Fsp3) is 0.500. The lowest BCUT2D eigenvalue weighted by Crippen LogP contribution is -2.49. The van der Waals surface area contributed by atoms with Crippen molar-refractivity contribution in [3.8, 4) is 11.5 Å². The molecule has 0 radical (unpaired) electrons. The van der Waals surface area contributed by atoms with E-state index in [9.17, 15) is 4.79 Å². The van der Waals surface area contributed by atoms with Crippen molar-refractivity contribution < 1.29 is 14.3 Å². The van der Waals surface area contributed by atoms with E-state index in [2.05, 4.69) is 4.90 Å². The molecule has 1 aromatic carbocycles. The minimum Gasteiger partial charge on any atom is -0.493 e. The maximum absolute atomic E-state index is 10.7. The van der Waals surface area contributed by atoms with Gasteiger partial charge in [-0.1, -0.05) is 17.7 Å². The first-order valence-corrected chi connectivity index (χ1v) is 6.94. The molecule has 0 bridgehead atoms. The van der Waals surface area contributed by atoms with Gasteiger partial charge in [0, 0.05) is 26.2 Å². The molecule has 110 valence electrons. The van der Waals surface area contributed by atoms with Crippen molar-refractivity contribution in [2.24, 2.45) is 0 Å². The number of halogens is 1. The Hall–Kier alpha value is -1.46. The number of hydrogen-bond acceptors (Lipinski definition) is 5. The Kier molecular flexibility index (Phi) is 5.09. The number of anilines is 1. The van der Waals surface area contributed by atoms with E-state index in [1.54, 1.807) is 14.2 Å². The number of methoxy groups -OCH3 is 2. The van der Waals surface area contributed by atoms with Crippen LogP contribution in [-0.2, 0) is 4.79 Å². The van der Waals surface area contributed by atoms with Crippen molar-refractivity contribution >= 4 is 23.6 Å². The highest BCUT2D eigenvalue weighted by molar-refractivity contribution is 6.27. The third-order valence-corrected chi connectivity index (χ3v) is 3.88. The third kappa shape index (κ3) is 2.99. The van der Waals surface area contributed by atoms with Gasteiger partial charge in [0.2, 0.25) is 0 Å². The molecule has 1 fully saturated rings. The van der Waals surface area contributed by atoms with Gasteiger partial charge in [-0.2, -0.15) is 0 Å². The minimum atomic E-state index is -0.538. The van der Waals surface area contributed by atoms with Crippen LogP contribution in [0.15, 0.2) is 18.2 Å². The Morgan fingerprint density at radius 3 is 2.45 bits per heavy atom. The zero-order valence-electron chi connectivity index (χ0n) is 11.7. The summed E-state index contributed by atoms with van der Waals surface area (Å²) >= 11 is 5.94. The zero-order chi connectivity index (χ0) is 14.5. The molecular weight excluding hydrogens is 280 g/mol. The Labute approximate surface area is 124 Å². The second kappa shape index (κ2) is 6.81. The van der Waals surface area contributed by atoms with Crippen molar-refractivity contribution in [3.63, 3.8) is 0 Å². The number of aldehydes is 1. The molecule has 6 heteroatoms.